The van der Waals surface area contributed by atoms with Gasteiger partial charge in [-0.1, -0.05) is 42.4 Å². The third kappa shape index (κ3) is 3.82. The molecule has 0 fully saturated rings. The minimum Gasteiger partial charge on any atom is -0.338 e. The van der Waals surface area contributed by atoms with Crippen molar-refractivity contribution in [2.24, 2.45) is 5.73 Å². The van der Waals surface area contributed by atoms with Crippen molar-refractivity contribution in [1.82, 2.24) is 10.1 Å². The highest BCUT2D eigenvalue weighted by Gasteiger charge is 2.12. The van der Waals surface area contributed by atoms with E-state index in [-0.39, 0.29) is 18.4 Å². The first kappa shape index (κ1) is 14.7. The Morgan fingerprint density at radius 2 is 1.94 bits per heavy atom. The molecule has 0 saturated heterocycles. The monoisotopic (exact) mass is 267 g/mol. The largest absolute Gasteiger partial charge is 0.338 e. The van der Waals surface area contributed by atoms with E-state index in [1.807, 2.05) is 25.1 Å². The van der Waals surface area contributed by atoms with Crippen molar-refractivity contribution in [3.63, 3.8) is 0 Å². The first-order chi connectivity index (χ1) is 8.29. The number of hydrogen-bond acceptors (Lipinski definition) is 4. The minimum absolute atomic E-state index is 0. The van der Waals surface area contributed by atoms with Crippen LogP contribution in [-0.2, 0) is 12.8 Å². The lowest BCUT2D eigenvalue weighted by atomic mass is 10.1. The van der Waals surface area contributed by atoms with Gasteiger partial charge in [0.1, 0.15) is 0 Å². The molecule has 2 N–H and O–H groups in total. The predicted octanol–water partition coefficient (Wildman–Crippen LogP) is 2.69. The number of benzene rings is 1. The number of hydrogen-bond donors (Lipinski definition) is 1. The van der Waals surface area contributed by atoms with Crippen LogP contribution in [-0.4, -0.2) is 10.1 Å². The molecule has 0 aliphatic rings. The van der Waals surface area contributed by atoms with E-state index in [2.05, 4.69) is 22.3 Å². The summed E-state index contributed by atoms with van der Waals surface area (Å²) in [6.45, 7) is 2.00. The second kappa shape index (κ2) is 7.13. The number of aryl methyl sites for hydroxylation is 2. The second-order valence-electron chi connectivity index (χ2n) is 4.05. The van der Waals surface area contributed by atoms with E-state index in [1.54, 1.807) is 0 Å². The third-order valence-corrected chi connectivity index (χ3v) is 2.72. The van der Waals surface area contributed by atoms with Crippen molar-refractivity contribution < 1.29 is 4.52 Å². The summed E-state index contributed by atoms with van der Waals surface area (Å²) in [7, 11) is 0. The fourth-order valence-electron chi connectivity index (χ4n) is 1.60. The lowest BCUT2D eigenvalue weighted by Gasteiger charge is -1.99. The van der Waals surface area contributed by atoms with E-state index in [9.17, 15) is 0 Å². The lowest BCUT2D eigenvalue weighted by Crippen LogP contribution is -2.09. The molecule has 5 heteroatoms. The maximum Gasteiger partial charge on any atom is 0.243 e. The van der Waals surface area contributed by atoms with Crippen LogP contribution in [0.1, 0.15) is 36.7 Å². The van der Waals surface area contributed by atoms with Gasteiger partial charge in [-0.25, -0.2) is 0 Å². The van der Waals surface area contributed by atoms with E-state index < -0.39 is 0 Å². The van der Waals surface area contributed by atoms with E-state index >= 15 is 0 Å². The highest BCUT2D eigenvalue weighted by Crippen LogP contribution is 2.11. The standard InChI is InChI=1S/C13H17N3O.ClH/c1-2-11(14)13-15-12(16-17-13)9-8-10-6-4-3-5-7-10;/h3-7,11H,2,8-9,14H2,1H3;1H/t11-;/m0./s1. The van der Waals surface area contributed by atoms with Crippen molar-refractivity contribution >= 4 is 12.4 Å². The van der Waals surface area contributed by atoms with Gasteiger partial charge >= 0.3 is 0 Å². The molecule has 1 aromatic heterocycles. The van der Waals surface area contributed by atoms with Gasteiger partial charge in [-0.05, 0) is 18.4 Å². The highest BCUT2D eigenvalue weighted by atomic mass is 35.5. The maximum absolute atomic E-state index is 5.82. The zero-order chi connectivity index (χ0) is 12.1. The average molecular weight is 268 g/mol. The summed E-state index contributed by atoms with van der Waals surface area (Å²) in [5.41, 5.74) is 7.10. The predicted molar refractivity (Wildman–Crippen MR) is 72.6 cm³/mol. The molecule has 1 aromatic carbocycles. The molecule has 0 saturated carbocycles. The van der Waals surface area contributed by atoms with Crippen LogP contribution < -0.4 is 5.73 Å². The van der Waals surface area contributed by atoms with Gasteiger partial charge in [-0.3, -0.25) is 0 Å². The average Bonchev–Trinajstić information content (AvgIpc) is 2.85. The van der Waals surface area contributed by atoms with Gasteiger partial charge in [0.05, 0.1) is 6.04 Å². The molecule has 4 nitrogen and oxygen atoms in total. The molecule has 0 unspecified atom stereocenters. The summed E-state index contributed by atoms with van der Waals surface area (Å²) in [4.78, 5) is 4.29. The summed E-state index contributed by atoms with van der Waals surface area (Å²) < 4.78 is 5.12. The van der Waals surface area contributed by atoms with Crippen molar-refractivity contribution in [3.05, 3.63) is 47.6 Å². The van der Waals surface area contributed by atoms with Crippen LogP contribution in [0.2, 0.25) is 0 Å². The zero-order valence-corrected chi connectivity index (χ0v) is 11.2. The van der Waals surface area contributed by atoms with Gasteiger partial charge in [0.2, 0.25) is 5.89 Å². The summed E-state index contributed by atoms with van der Waals surface area (Å²) in [6, 6.07) is 10.1. The molecule has 0 aliphatic carbocycles. The Morgan fingerprint density at radius 3 is 2.61 bits per heavy atom. The SMILES string of the molecule is CC[C@H](N)c1nc(CCc2ccccc2)no1.Cl. The van der Waals surface area contributed by atoms with E-state index in [0.29, 0.717) is 5.89 Å². The van der Waals surface area contributed by atoms with Crippen LogP contribution in [0.5, 0.6) is 0 Å². The Labute approximate surface area is 113 Å². The normalized spacial score (nSPS) is 11.9. The lowest BCUT2D eigenvalue weighted by molar-refractivity contribution is 0.348. The van der Waals surface area contributed by atoms with E-state index in [4.69, 9.17) is 10.3 Å². The van der Waals surface area contributed by atoms with Crippen LogP contribution in [0, 0.1) is 0 Å². The molecule has 0 aliphatic heterocycles. The Morgan fingerprint density at radius 1 is 1.22 bits per heavy atom. The van der Waals surface area contributed by atoms with Crippen molar-refractivity contribution in [1.29, 1.82) is 0 Å². The molecular weight excluding hydrogens is 250 g/mol. The Balaban J connectivity index is 0.00000162. The molecule has 0 bridgehead atoms. The summed E-state index contributed by atoms with van der Waals surface area (Å²) in [5.74, 6) is 1.27. The minimum atomic E-state index is -0.145. The summed E-state index contributed by atoms with van der Waals surface area (Å²) in [6.07, 6.45) is 2.51. The second-order valence-corrected chi connectivity index (χ2v) is 4.05. The molecule has 1 heterocycles. The van der Waals surface area contributed by atoms with Gasteiger partial charge in [0, 0.05) is 6.42 Å². The van der Waals surface area contributed by atoms with Gasteiger partial charge in [-0.2, -0.15) is 4.98 Å². The Bertz CT molecular complexity index is 458. The fraction of sp³-hybridized carbons (Fsp3) is 0.385. The quantitative estimate of drug-likeness (QED) is 0.905. The Hall–Kier alpha value is -1.39. The van der Waals surface area contributed by atoms with Crippen molar-refractivity contribution in [3.8, 4) is 0 Å². The molecule has 18 heavy (non-hydrogen) atoms. The first-order valence-electron chi connectivity index (χ1n) is 5.91. The number of nitrogens with two attached hydrogens (primary N) is 1. The molecule has 1 atom stereocenters. The van der Waals surface area contributed by atoms with Gasteiger partial charge in [0.15, 0.2) is 5.82 Å². The summed E-state index contributed by atoms with van der Waals surface area (Å²) >= 11 is 0. The number of rotatable bonds is 5. The smallest absolute Gasteiger partial charge is 0.243 e. The highest BCUT2D eigenvalue weighted by molar-refractivity contribution is 5.85. The van der Waals surface area contributed by atoms with Crippen LogP contribution >= 0.6 is 12.4 Å². The molecule has 0 radical (unpaired) electrons. The number of nitrogens with zero attached hydrogens (tertiary/aromatic N) is 2. The molecule has 2 rings (SSSR count). The van der Waals surface area contributed by atoms with Gasteiger partial charge in [-0.15, -0.1) is 12.4 Å². The first-order valence-corrected chi connectivity index (χ1v) is 5.91. The zero-order valence-electron chi connectivity index (χ0n) is 10.4. The molecule has 0 spiro atoms. The van der Waals surface area contributed by atoms with E-state index in [0.717, 1.165) is 25.1 Å². The van der Waals surface area contributed by atoms with Crippen LogP contribution in [0.3, 0.4) is 0 Å². The molecule has 0 amide bonds. The number of halogens is 1. The fourth-order valence-corrected chi connectivity index (χ4v) is 1.60. The maximum atomic E-state index is 5.82. The molecule has 2 aromatic rings. The van der Waals surface area contributed by atoms with Crippen LogP contribution in [0.25, 0.3) is 0 Å². The number of aromatic nitrogens is 2. The van der Waals surface area contributed by atoms with Crippen LogP contribution in [0.4, 0.5) is 0 Å². The Kier molecular flexibility index (Phi) is 5.82. The third-order valence-electron chi connectivity index (χ3n) is 2.72. The molecule has 98 valence electrons. The van der Waals surface area contributed by atoms with Gasteiger partial charge < -0.3 is 10.3 Å². The van der Waals surface area contributed by atoms with Crippen LogP contribution in [0.15, 0.2) is 34.9 Å². The van der Waals surface area contributed by atoms with E-state index in [1.165, 1.54) is 5.56 Å². The molecular formula is C13H18ClN3O. The summed E-state index contributed by atoms with van der Waals surface area (Å²) in [5, 5.41) is 3.93. The van der Waals surface area contributed by atoms with Crippen molar-refractivity contribution in [2.75, 3.05) is 0 Å². The topological polar surface area (TPSA) is 64.9 Å². The van der Waals surface area contributed by atoms with Crippen molar-refractivity contribution in [2.45, 2.75) is 32.2 Å². The van der Waals surface area contributed by atoms with Gasteiger partial charge in [0.25, 0.3) is 0 Å².